The van der Waals surface area contributed by atoms with Gasteiger partial charge in [0, 0.05) is 0 Å². The Hall–Kier alpha value is -0.130. The average molecular weight is 188 g/mol. The Morgan fingerprint density at radius 3 is 1.36 bits per heavy atom. The van der Waals surface area contributed by atoms with E-state index in [1.165, 1.54) is 0 Å². The third-order valence-corrected chi connectivity index (χ3v) is 1.48. The lowest BCUT2D eigenvalue weighted by atomic mass is 12.8. The second-order valence-corrected chi connectivity index (χ2v) is 2.52. The minimum atomic E-state index is -3.93. The zero-order valence-corrected chi connectivity index (χ0v) is 6.21. The van der Waals surface area contributed by atoms with E-state index in [9.17, 15) is 4.57 Å². The van der Waals surface area contributed by atoms with Gasteiger partial charge in [-0.2, -0.15) is 13.9 Å². The first-order chi connectivity index (χ1) is 5.18. The monoisotopic (exact) mass is 188 g/mol. The first-order valence-corrected chi connectivity index (χ1v) is 3.67. The van der Waals surface area contributed by atoms with Crippen molar-refractivity contribution in [3.63, 3.8) is 0 Å². The van der Waals surface area contributed by atoms with Gasteiger partial charge in [0.25, 0.3) is 0 Å². The molecule has 9 N–H and O–H groups in total. The van der Waals surface area contributed by atoms with Gasteiger partial charge in [-0.1, -0.05) is 0 Å². The molecule has 0 aliphatic rings. The first-order valence-electron chi connectivity index (χ1n) is 2.21. The van der Waals surface area contributed by atoms with Crippen molar-refractivity contribution in [1.82, 2.24) is 16.8 Å². The Morgan fingerprint density at radius 1 is 0.909 bits per heavy atom. The van der Waals surface area contributed by atoms with Crippen LogP contribution in [0.1, 0.15) is 0 Å². The van der Waals surface area contributed by atoms with Crippen LogP contribution in [0.25, 0.3) is 0 Å². The van der Waals surface area contributed by atoms with E-state index in [0.717, 1.165) is 0 Å². The molecule has 0 fully saturated rings. The highest BCUT2D eigenvalue weighted by atomic mass is 31.2. The van der Waals surface area contributed by atoms with Crippen LogP contribution < -0.4 is 34.3 Å². The summed E-state index contributed by atoms with van der Waals surface area (Å²) in [5, 5.41) is 0. The Morgan fingerprint density at radius 2 is 1.18 bits per heavy atom. The normalized spacial score (nSPS) is 11.9. The zero-order chi connectivity index (χ0) is 8.74. The lowest BCUT2D eigenvalue weighted by molar-refractivity contribution is 0.0161. The molecule has 0 atom stereocenters. The van der Waals surface area contributed by atoms with Gasteiger partial charge in [0.1, 0.15) is 0 Å². The van der Waals surface area contributed by atoms with Crippen LogP contribution in [0.4, 0.5) is 0 Å². The third kappa shape index (κ3) is 4.34. The molecule has 0 aromatic rings. The van der Waals surface area contributed by atoms with Gasteiger partial charge < -0.3 is 0 Å². The fourth-order valence-electron chi connectivity index (χ4n) is 0.250. The number of nitrogens with one attached hydrogen (secondary N) is 3. The summed E-state index contributed by atoms with van der Waals surface area (Å²) < 4.78 is 23.1. The van der Waals surface area contributed by atoms with Gasteiger partial charge in [-0.25, -0.2) is 22.1 Å². The Labute approximate surface area is 61.7 Å². The maximum Gasteiger partial charge on any atom is 0.528 e. The summed E-state index contributed by atoms with van der Waals surface area (Å²) in [6, 6.07) is 0. The molecule has 11 heavy (non-hydrogen) atoms. The molecule has 0 aliphatic heterocycles. The quantitative estimate of drug-likeness (QED) is 0.147. The number of hydrazine groups is 3. The van der Waals surface area contributed by atoms with Gasteiger partial charge in [-0.05, 0) is 0 Å². The standard InChI is InChI=1S/H9N6O4P/c1-4-8-11(7,9-5-2)10-6-3/h4-6H,1-3H2. The fourth-order valence-corrected chi connectivity index (χ4v) is 0.749. The molecule has 11 heteroatoms. The van der Waals surface area contributed by atoms with Crippen molar-refractivity contribution >= 4 is 7.82 Å². The van der Waals surface area contributed by atoms with Gasteiger partial charge in [-0.3, -0.25) is 0 Å². The predicted octanol–water partition coefficient (Wildman–Crippen LogP) is -2.72. The number of hydrogen-bond acceptors (Lipinski definition) is 10. The highest BCUT2D eigenvalue weighted by Crippen LogP contribution is 2.45. The third-order valence-electron chi connectivity index (χ3n) is 0.494. The summed E-state index contributed by atoms with van der Waals surface area (Å²) in [7, 11) is -3.93. The smallest absolute Gasteiger partial charge is 0.247 e. The Bertz CT molecular complexity index is 113. The highest BCUT2D eigenvalue weighted by molar-refractivity contribution is 7.48. The molecule has 0 amide bonds. The van der Waals surface area contributed by atoms with Gasteiger partial charge in [-0.15, -0.1) is 16.8 Å². The molecule has 0 aliphatic carbocycles. The molecule has 10 nitrogen and oxygen atoms in total. The van der Waals surface area contributed by atoms with Crippen molar-refractivity contribution in [2.24, 2.45) is 17.5 Å². The maximum absolute atomic E-state index is 10.9. The molecule has 0 rings (SSSR count). The van der Waals surface area contributed by atoms with Gasteiger partial charge >= 0.3 is 7.82 Å². The molecular weight excluding hydrogens is 179 g/mol. The van der Waals surface area contributed by atoms with Crippen LogP contribution in [0, 0.1) is 0 Å². The van der Waals surface area contributed by atoms with Crippen LogP contribution in [0.2, 0.25) is 0 Å². The van der Waals surface area contributed by atoms with Gasteiger partial charge in [0.15, 0.2) is 0 Å². The van der Waals surface area contributed by atoms with Crippen LogP contribution in [-0.4, -0.2) is 0 Å². The van der Waals surface area contributed by atoms with E-state index < -0.39 is 7.82 Å². The molecule has 0 spiro atoms. The summed E-state index contributed by atoms with van der Waals surface area (Å²) in [4.78, 5) is 0. The van der Waals surface area contributed by atoms with E-state index in [4.69, 9.17) is 0 Å². The van der Waals surface area contributed by atoms with E-state index in [0.29, 0.717) is 0 Å². The van der Waals surface area contributed by atoms with E-state index in [1.54, 1.807) is 16.8 Å². The van der Waals surface area contributed by atoms with Crippen LogP contribution in [0.3, 0.4) is 0 Å². The molecule has 0 saturated heterocycles. The number of rotatable bonds is 6. The van der Waals surface area contributed by atoms with E-state index >= 15 is 0 Å². The molecule has 0 aromatic heterocycles. The fraction of sp³-hybridized carbons (Fsp3) is 0. The lowest BCUT2D eigenvalue weighted by Gasteiger charge is -2.12. The van der Waals surface area contributed by atoms with Crippen molar-refractivity contribution in [2.45, 2.75) is 0 Å². The summed E-state index contributed by atoms with van der Waals surface area (Å²) in [5.74, 6) is 13.9. The first kappa shape index (κ1) is 10.9. The molecule has 0 heterocycles. The minimum absolute atomic E-state index is 1.57. The Kier molecular flexibility index (Phi) is 5.45. The topological polar surface area (TPSA) is 159 Å². The Balaban J connectivity index is 3.91. The molecule has 0 aromatic carbocycles. The van der Waals surface area contributed by atoms with Crippen molar-refractivity contribution in [3.05, 3.63) is 0 Å². The molecule has 0 unspecified atom stereocenters. The van der Waals surface area contributed by atoms with Crippen LogP contribution >= 0.6 is 7.82 Å². The van der Waals surface area contributed by atoms with Crippen molar-refractivity contribution in [3.8, 4) is 0 Å². The summed E-state index contributed by atoms with van der Waals surface area (Å²) in [6.45, 7) is 0. The number of phosphoric acid groups is 1. The molecule has 68 valence electrons. The van der Waals surface area contributed by atoms with Crippen LogP contribution in [0.5, 0.6) is 0 Å². The number of hydrogen-bond donors (Lipinski definition) is 6. The SMILES string of the molecule is NNOP(=O)(ONN)ONN. The minimum Gasteiger partial charge on any atom is -0.247 e. The number of nitrogens with two attached hydrogens (primary N) is 3. The van der Waals surface area contributed by atoms with Crippen molar-refractivity contribution < 1.29 is 18.4 Å². The van der Waals surface area contributed by atoms with E-state index in [-0.39, 0.29) is 0 Å². The zero-order valence-electron chi connectivity index (χ0n) is 5.31. The van der Waals surface area contributed by atoms with Gasteiger partial charge in [0.05, 0.1) is 0 Å². The van der Waals surface area contributed by atoms with Crippen molar-refractivity contribution in [2.75, 3.05) is 0 Å². The second kappa shape index (κ2) is 5.51. The lowest BCUT2D eigenvalue weighted by Crippen LogP contribution is -2.31. The summed E-state index contributed by atoms with van der Waals surface area (Å²) >= 11 is 0. The predicted molar refractivity (Wildman–Crippen MR) is 32.8 cm³/mol. The van der Waals surface area contributed by atoms with E-state index in [1.807, 2.05) is 0 Å². The molecule has 0 radical (unpaired) electrons. The molecule has 0 saturated carbocycles. The summed E-state index contributed by atoms with van der Waals surface area (Å²) in [6.07, 6.45) is 0. The van der Waals surface area contributed by atoms with Crippen molar-refractivity contribution in [1.29, 1.82) is 0 Å². The largest absolute Gasteiger partial charge is 0.528 e. The van der Waals surface area contributed by atoms with Crippen LogP contribution in [-0.2, 0) is 18.4 Å². The highest BCUT2D eigenvalue weighted by Gasteiger charge is 2.27. The van der Waals surface area contributed by atoms with E-state index in [2.05, 4.69) is 31.4 Å². The average Bonchev–Trinajstić information content (AvgIpc) is 1.88. The molecule has 0 bridgehead atoms. The molecular formula is H9N6O4P. The van der Waals surface area contributed by atoms with Crippen LogP contribution in [0.15, 0.2) is 0 Å². The maximum atomic E-state index is 10.9. The summed E-state index contributed by atoms with van der Waals surface area (Å²) in [5.41, 5.74) is 4.72. The van der Waals surface area contributed by atoms with Gasteiger partial charge in [0.2, 0.25) is 0 Å². The second-order valence-electron chi connectivity index (χ2n) is 1.07.